The summed E-state index contributed by atoms with van der Waals surface area (Å²) in [6.45, 7) is 17.3. The highest BCUT2D eigenvalue weighted by Gasteiger charge is 2.06. The van der Waals surface area contributed by atoms with E-state index < -0.39 is 0 Å². The van der Waals surface area contributed by atoms with Crippen molar-refractivity contribution in [3.8, 4) is 0 Å². The molecule has 0 fully saturated rings. The molecule has 2 nitrogen and oxygen atoms in total. The molecular weight excluding hydrogens is 352 g/mol. The number of nitrogens with zero attached hydrogens (tertiary/aromatic N) is 2. The van der Waals surface area contributed by atoms with Gasteiger partial charge in [0.05, 0.1) is 0 Å². The Bertz CT molecular complexity index is 244. The van der Waals surface area contributed by atoms with Crippen molar-refractivity contribution in [2.75, 3.05) is 39.3 Å². The Labute approximate surface area is 186 Å². The van der Waals surface area contributed by atoms with Crippen molar-refractivity contribution >= 4 is 0 Å². The minimum Gasteiger partial charge on any atom is -0.303 e. The van der Waals surface area contributed by atoms with Crippen LogP contribution in [0.4, 0.5) is 0 Å². The molecule has 176 valence electrons. The molecule has 0 heterocycles. The van der Waals surface area contributed by atoms with Crippen LogP contribution in [0, 0.1) is 0 Å². The fourth-order valence-corrected chi connectivity index (χ4v) is 4.21. The van der Waals surface area contributed by atoms with Crippen LogP contribution < -0.4 is 0 Å². The van der Waals surface area contributed by atoms with Gasteiger partial charge in [0.1, 0.15) is 0 Å². The van der Waals surface area contributed by atoms with Crippen LogP contribution in [-0.2, 0) is 0 Å². The van der Waals surface area contributed by atoms with Crippen LogP contribution in [0.3, 0.4) is 0 Å². The van der Waals surface area contributed by atoms with E-state index in [1.807, 2.05) is 0 Å². The molecule has 0 unspecified atom stereocenters. The van der Waals surface area contributed by atoms with Gasteiger partial charge in [-0.2, -0.15) is 0 Å². The van der Waals surface area contributed by atoms with Crippen LogP contribution in [0.15, 0.2) is 0 Å². The highest BCUT2D eigenvalue weighted by atomic mass is 15.1. The van der Waals surface area contributed by atoms with Gasteiger partial charge in [-0.15, -0.1) is 0 Å². The van der Waals surface area contributed by atoms with Gasteiger partial charge in [0.2, 0.25) is 0 Å². The topological polar surface area (TPSA) is 6.48 Å². The third kappa shape index (κ3) is 21.0. The van der Waals surface area contributed by atoms with Gasteiger partial charge in [-0.05, 0) is 77.8 Å². The fraction of sp³-hybridized carbons (Fsp3) is 1.00. The summed E-state index contributed by atoms with van der Waals surface area (Å²) < 4.78 is 0. The summed E-state index contributed by atoms with van der Waals surface area (Å²) >= 11 is 0. The molecule has 0 saturated carbocycles. The average Bonchev–Trinajstić information content (AvgIpc) is 2.72. The van der Waals surface area contributed by atoms with E-state index in [1.165, 1.54) is 148 Å². The monoisotopic (exact) mass is 410 g/mol. The zero-order valence-corrected chi connectivity index (χ0v) is 21.2. The Hall–Kier alpha value is -0.0800. The Morgan fingerprint density at radius 3 is 0.724 bits per heavy atom. The number of hydrogen-bond acceptors (Lipinski definition) is 2. The lowest BCUT2D eigenvalue weighted by Crippen LogP contribution is -2.27. The standard InChI is InChI=1S/C27H58N2/c1-5-9-16-22-28(23-17-10-6-2)26-20-14-13-15-21-27-29(24-18-11-7-3)25-19-12-8-4/h5-27H2,1-4H3. The van der Waals surface area contributed by atoms with Gasteiger partial charge in [-0.1, -0.05) is 98.3 Å². The van der Waals surface area contributed by atoms with Crippen LogP contribution in [-0.4, -0.2) is 49.1 Å². The maximum Gasteiger partial charge on any atom is -0.00187 e. The van der Waals surface area contributed by atoms with Crippen molar-refractivity contribution in [2.24, 2.45) is 0 Å². The largest absolute Gasteiger partial charge is 0.303 e. The predicted octanol–water partition coefficient (Wildman–Crippen LogP) is 8.30. The average molecular weight is 411 g/mol. The molecule has 0 amide bonds. The molecule has 0 aliphatic rings. The molecule has 0 aromatic rings. The first kappa shape index (κ1) is 28.9. The summed E-state index contributed by atoms with van der Waals surface area (Å²) in [5.74, 6) is 0. The molecule has 0 aliphatic carbocycles. The van der Waals surface area contributed by atoms with Crippen LogP contribution in [0.25, 0.3) is 0 Å². The highest BCUT2D eigenvalue weighted by Crippen LogP contribution is 2.10. The molecule has 0 aliphatic heterocycles. The lowest BCUT2D eigenvalue weighted by molar-refractivity contribution is 0.249. The Morgan fingerprint density at radius 2 is 0.483 bits per heavy atom. The first-order chi connectivity index (χ1) is 14.3. The second kappa shape index (κ2) is 24.2. The summed E-state index contributed by atoms with van der Waals surface area (Å²) in [5.41, 5.74) is 0. The van der Waals surface area contributed by atoms with Crippen LogP contribution >= 0.6 is 0 Å². The van der Waals surface area contributed by atoms with E-state index in [2.05, 4.69) is 37.5 Å². The summed E-state index contributed by atoms with van der Waals surface area (Å²) in [6, 6.07) is 0. The molecule has 0 spiro atoms. The van der Waals surface area contributed by atoms with Crippen molar-refractivity contribution in [3.05, 3.63) is 0 Å². The van der Waals surface area contributed by atoms with Gasteiger partial charge < -0.3 is 9.80 Å². The summed E-state index contributed by atoms with van der Waals surface area (Å²) in [7, 11) is 0. The van der Waals surface area contributed by atoms with Gasteiger partial charge in [0, 0.05) is 0 Å². The smallest absolute Gasteiger partial charge is 0.00187 e. The van der Waals surface area contributed by atoms with Gasteiger partial charge >= 0.3 is 0 Å². The predicted molar refractivity (Wildman–Crippen MR) is 134 cm³/mol. The van der Waals surface area contributed by atoms with Gasteiger partial charge in [-0.3, -0.25) is 0 Å². The lowest BCUT2D eigenvalue weighted by Gasteiger charge is -2.23. The molecule has 0 radical (unpaired) electrons. The third-order valence-electron chi connectivity index (χ3n) is 6.26. The van der Waals surface area contributed by atoms with Crippen molar-refractivity contribution in [2.45, 2.75) is 137 Å². The second-order valence-electron chi connectivity index (χ2n) is 9.28. The quantitative estimate of drug-likeness (QED) is 0.148. The maximum atomic E-state index is 2.76. The maximum absolute atomic E-state index is 2.76. The van der Waals surface area contributed by atoms with E-state index in [1.54, 1.807) is 0 Å². The Balaban J connectivity index is 3.85. The number of unbranched alkanes of at least 4 members (excludes halogenated alkanes) is 12. The van der Waals surface area contributed by atoms with Crippen LogP contribution in [0.2, 0.25) is 0 Å². The molecule has 0 bridgehead atoms. The first-order valence-corrected chi connectivity index (χ1v) is 13.7. The SMILES string of the molecule is CCCCCN(CCCCC)CCCCCCCN(CCCCC)CCCCC. The molecule has 0 N–H and O–H groups in total. The Morgan fingerprint density at radius 1 is 0.276 bits per heavy atom. The lowest BCUT2D eigenvalue weighted by atomic mass is 10.1. The fourth-order valence-electron chi connectivity index (χ4n) is 4.21. The van der Waals surface area contributed by atoms with E-state index in [0.717, 1.165) is 0 Å². The minimum atomic E-state index is 1.34. The molecule has 2 heteroatoms. The van der Waals surface area contributed by atoms with E-state index in [-0.39, 0.29) is 0 Å². The van der Waals surface area contributed by atoms with E-state index in [0.29, 0.717) is 0 Å². The molecule has 0 rings (SSSR count). The first-order valence-electron chi connectivity index (χ1n) is 13.7. The van der Waals surface area contributed by atoms with Crippen molar-refractivity contribution in [1.82, 2.24) is 9.80 Å². The highest BCUT2D eigenvalue weighted by molar-refractivity contribution is 4.61. The molecular formula is C27H58N2. The van der Waals surface area contributed by atoms with E-state index in [4.69, 9.17) is 0 Å². The molecule has 0 aromatic carbocycles. The van der Waals surface area contributed by atoms with E-state index in [9.17, 15) is 0 Å². The zero-order chi connectivity index (χ0) is 21.4. The van der Waals surface area contributed by atoms with Crippen LogP contribution in [0.1, 0.15) is 137 Å². The number of hydrogen-bond donors (Lipinski definition) is 0. The Kier molecular flexibility index (Phi) is 24.1. The summed E-state index contributed by atoms with van der Waals surface area (Å²) in [5, 5.41) is 0. The molecule has 0 aromatic heterocycles. The van der Waals surface area contributed by atoms with Crippen molar-refractivity contribution < 1.29 is 0 Å². The van der Waals surface area contributed by atoms with E-state index >= 15 is 0 Å². The van der Waals surface area contributed by atoms with Gasteiger partial charge in [-0.25, -0.2) is 0 Å². The van der Waals surface area contributed by atoms with Crippen LogP contribution in [0.5, 0.6) is 0 Å². The van der Waals surface area contributed by atoms with Crippen molar-refractivity contribution in [1.29, 1.82) is 0 Å². The normalized spacial score (nSPS) is 11.8. The molecule has 0 atom stereocenters. The van der Waals surface area contributed by atoms with Gasteiger partial charge in [0.25, 0.3) is 0 Å². The second-order valence-corrected chi connectivity index (χ2v) is 9.28. The minimum absolute atomic E-state index is 1.34. The summed E-state index contributed by atoms with van der Waals surface area (Å²) in [4.78, 5) is 5.52. The molecule has 29 heavy (non-hydrogen) atoms. The van der Waals surface area contributed by atoms with Crippen molar-refractivity contribution in [3.63, 3.8) is 0 Å². The summed E-state index contributed by atoms with van der Waals surface area (Å²) in [6.07, 6.45) is 23.7. The number of rotatable bonds is 24. The zero-order valence-electron chi connectivity index (χ0n) is 21.2. The third-order valence-corrected chi connectivity index (χ3v) is 6.26. The molecule has 0 saturated heterocycles. The van der Waals surface area contributed by atoms with Gasteiger partial charge in [0.15, 0.2) is 0 Å².